The van der Waals surface area contributed by atoms with Crippen LogP contribution in [0.2, 0.25) is 0 Å². The highest BCUT2D eigenvalue weighted by molar-refractivity contribution is 5.82. The van der Waals surface area contributed by atoms with Gasteiger partial charge in [0.1, 0.15) is 5.54 Å². The average Bonchev–Trinajstić information content (AvgIpc) is 2.39. The second-order valence-corrected chi connectivity index (χ2v) is 4.65. The maximum Gasteiger partial charge on any atom is 0.330 e. The summed E-state index contributed by atoms with van der Waals surface area (Å²) >= 11 is 0. The number of aryl methyl sites for hydroxylation is 1. The van der Waals surface area contributed by atoms with E-state index in [0.717, 1.165) is 31.4 Å². The summed E-state index contributed by atoms with van der Waals surface area (Å²) in [4.78, 5) is 12.1. The van der Waals surface area contributed by atoms with Gasteiger partial charge >= 0.3 is 5.97 Å². The van der Waals surface area contributed by atoms with Gasteiger partial charge in [0.25, 0.3) is 0 Å². The lowest BCUT2D eigenvalue weighted by atomic mass is 9.82. The van der Waals surface area contributed by atoms with Gasteiger partial charge < -0.3 is 4.74 Å². The molecule has 1 atom stereocenters. The van der Waals surface area contributed by atoms with Gasteiger partial charge in [-0.3, -0.25) is 5.32 Å². The smallest absolute Gasteiger partial charge is 0.330 e. The molecule has 1 aromatic rings. The van der Waals surface area contributed by atoms with Crippen LogP contribution in [0.3, 0.4) is 0 Å². The summed E-state index contributed by atoms with van der Waals surface area (Å²) in [5.41, 5.74) is 1.57. The molecule has 0 radical (unpaired) electrons. The summed E-state index contributed by atoms with van der Waals surface area (Å²) in [6.07, 6.45) is 2.98. The second-order valence-electron chi connectivity index (χ2n) is 4.65. The average molecular weight is 233 g/mol. The molecule has 92 valence electrons. The summed E-state index contributed by atoms with van der Waals surface area (Å²) in [7, 11) is 1.45. The summed E-state index contributed by atoms with van der Waals surface area (Å²) in [5, 5.41) is 3.34. The van der Waals surface area contributed by atoms with Crippen LogP contribution in [0.15, 0.2) is 24.3 Å². The van der Waals surface area contributed by atoms with Crippen LogP contribution < -0.4 is 5.32 Å². The van der Waals surface area contributed by atoms with Crippen molar-refractivity contribution in [3.8, 4) is 0 Å². The minimum absolute atomic E-state index is 0.180. The second kappa shape index (κ2) is 4.88. The Hall–Kier alpha value is -1.35. The maximum atomic E-state index is 12.1. The van der Waals surface area contributed by atoms with E-state index in [9.17, 15) is 4.79 Å². The maximum absolute atomic E-state index is 12.1. The van der Waals surface area contributed by atoms with E-state index in [1.807, 2.05) is 31.2 Å². The van der Waals surface area contributed by atoms with Crippen molar-refractivity contribution in [3.05, 3.63) is 35.4 Å². The zero-order valence-electron chi connectivity index (χ0n) is 10.5. The Balaban J connectivity index is 2.38. The Kier molecular flexibility index (Phi) is 3.48. The van der Waals surface area contributed by atoms with Gasteiger partial charge in [-0.1, -0.05) is 29.8 Å². The topological polar surface area (TPSA) is 38.3 Å². The van der Waals surface area contributed by atoms with Gasteiger partial charge in [-0.2, -0.15) is 0 Å². The fourth-order valence-electron chi connectivity index (χ4n) is 2.46. The SMILES string of the molecule is COC(=O)C1(c2ccc(C)cc2)CCCCN1. The van der Waals surface area contributed by atoms with Crippen LogP contribution in [0, 0.1) is 6.92 Å². The molecule has 0 bridgehead atoms. The minimum Gasteiger partial charge on any atom is -0.467 e. The fourth-order valence-corrected chi connectivity index (χ4v) is 2.46. The lowest BCUT2D eigenvalue weighted by molar-refractivity contribution is -0.150. The Morgan fingerprint density at radius 2 is 2.00 bits per heavy atom. The monoisotopic (exact) mass is 233 g/mol. The number of carbonyl (C=O) groups is 1. The van der Waals surface area contributed by atoms with E-state index in [4.69, 9.17) is 4.74 Å². The predicted molar refractivity (Wildman–Crippen MR) is 66.7 cm³/mol. The quantitative estimate of drug-likeness (QED) is 0.795. The third kappa shape index (κ3) is 2.20. The van der Waals surface area contributed by atoms with Crippen LogP contribution in [0.1, 0.15) is 30.4 Å². The zero-order chi connectivity index (χ0) is 12.3. The van der Waals surface area contributed by atoms with E-state index in [1.54, 1.807) is 0 Å². The van der Waals surface area contributed by atoms with E-state index >= 15 is 0 Å². The normalized spacial score (nSPS) is 24.4. The van der Waals surface area contributed by atoms with E-state index in [-0.39, 0.29) is 5.97 Å². The molecule has 3 heteroatoms. The molecule has 1 unspecified atom stereocenters. The van der Waals surface area contributed by atoms with Crippen molar-refractivity contribution < 1.29 is 9.53 Å². The Morgan fingerprint density at radius 3 is 2.53 bits per heavy atom. The number of hydrogen-bond acceptors (Lipinski definition) is 3. The van der Waals surface area contributed by atoms with Gasteiger partial charge in [0.2, 0.25) is 0 Å². The molecular weight excluding hydrogens is 214 g/mol. The van der Waals surface area contributed by atoms with Crippen molar-refractivity contribution in [1.29, 1.82) is 0 Å². The Labute approximate surface area is 102 Å². The van der Waals surface area contributed by atoms with Crippen molar-refractivity contribution >= 4 is 5.97 Å². The predicted octanol–water partition coefficient (Wildman–Crippen LogP) is 2.14. The summed E-state index contributed by atoms with van der Waals surface area (Å²) < 4.78 is 4.98. The molecule has 1 heterocycles. The lowest BCUT2D eigenvalue weighted by Gasteiger charge is -2.36. The third-order valence-electron chi connectivity index (χ3n) is 3.48. The Bertz CT molecular complexity index is 391. The van der Waals surface area contributed by atoms with Crippen LogP contribution in [0.4, 0.5) is 0 Å². The lowest BCUT2D eigenvalue weighted by Crippen LogP contribution is -2.52. The molecule has 0 aromatic heterocycles. The molecule has 1 saturated heterocycles. The minimum atomic E-state index is -0.638. The summed E-state index contributed by atoms with van der Waals surface area (Å²) in [6, 6.07) is 8.11. The molecule has 1 aromatic carbocycles. The van der Waals surface area contributed by atoms with Gasteiger partial charge in [-0.25, -0.2) is 4.79 Å². The Morgan fingerprint density at radius 1 is 1.29 bits per heavy atom. The number of carbonyl (C=O) groups excluding carboxylic acids is 1. The molecule has 1 N–H and O–H groups in total. The molecule has 0 spiro atoms. The van der Waals surface area contributed by atoms with Gasteiger partial charge in [0.15, 0.2) is 0 Å². The summed E-state index contributed by atoms with van der Waals surface area (Å²) in [5.74, 6) is -0.180. The van der Waals surface area contributed by atoms with Crippen LogP contribution in [-0.2, 0) is 15.1 Å². The first-order chi connectivity index (χ1) is 8.19. The number of nitrogens with one attached hydrogen (secondary N) is 1. The standard InChI is InChI=1S/C14H19NO2/c1-11-5-7-12(8-6-11)14(13(16)17-2)9-3-4-10-15-14/h5-8,15H,3-4,9-10H2,1-2H3. The van der Waals surface area contributed by atoms with Crippen molar-refractivity contribution in [2.45, 2.75) is 31.7 Å². The first-order valence-corrected chi connectivity index (χ1v) is 6.09. The highest BCUT2D eigenvalue weighted by Crippen LogP contribution is 2.31. The third-order valence-corrected chi connectivity index (χ3v) is 3.48. The van der Waals surface area contributed by atoms with Gasteiger partial charge in [-0.05, 0) is 38.3 Å². The van der Waals surface area contributed by atoms with Gasteiger partial charge in [-0.15, -0.1) is 0 Å². The molecule has 0 saturated carbocycles. The van der Waals surface area contributed by atoms with Crippen LogP contribution >= 0.6 is 0 Å². The molecule has 0 aliphatic carbocycles. The van der Waals surface area contributed by atoms with Crippen LogP contribution in [0.25, 0.3) is 0 Å². The van der Waals surface area contributed by atoms with Crippen molar-refractivity contribution in [3.63, 3.8) is 0 Å². The molecule has 2 rings (SSSR count). The number of methoxy groups -OCH3 is 1. The van der Waals surface area contributed by atoms with Gasteiger partial charge in [0, 0.05) is 0 Å². The summed E-state index contributed by atoms with van der Waals surface area (Å²) in [6.45, 7) is 2.91. The molecule has 0 amide bonds. The van der Waals surface area contributed by atoms with Crippen molar-refractivity contribution in [1.82, 2.24) is 5.32 Å². The van der Waals surface area contributed by atoms with Crippen LogP contribution in [-0.4, -0.2) is 19.6 Å². The number of esters is 1. The largest absolute Gasteiger partial charge is 0.467 e. The number of rotatable bonds is 2. The zero-order valence-corrected chi connectivity index (χ0v) is 10.5. The molecule has 3 nitrogen and oxygen atoms in total. The highest BCUT2D eigenvalue weighted by Gasteiger charge is 2.42. The van der Waals surface area contributed by atoms with Crippen LogP contribution in [0.5, 0.6) is 0 Å². The molecule has 1 aliphatic heterocycles. The van der Waals surface area contributed by atoms with Crippen molar-refractivity contribution in [2.75, 3.05) is 13.7 Å². The van der Waals surface area contributed by atoms with E-state index in [1.165, 1.54) is 12.7 Å². The number of hydrogen-bond donors (Lipinski definition) is 1. The molecule has 1 aliphatic rings. The van der Waals surface area contributed by atoms with E-state index in [0.29, 0.717) is 0 Å². The first kappa shape index (κ1) is 12.1. The van der Waals surface area contributed by atoms with Gasteiger partial charge in [0.05, 0.1) is 7.11 Å². The van der Waals surface area contributed by atoms with Crippen molar-refractivity contribution in [2.24, 2.45) is 0 Å². The highest BCUT2D eigenvalue weighted by atomic mass is 16.5. The number of benzene rings is 1. The first-order valence-electron chi connectivity index (χ1n) is 6.09. The molecule has 17 heavy (non-hydrogen) atoms. The molecular formula is C14H19NO2. The van der Waals surface area contributed by atoms with E-state index in [2.05, 4.69) is 5.32 Å². The number of piperidine rings is 1. The number of ether oxygens (including phenoxy) is 1. The van der Waals surface area contributed by atoms with E-state index < -0.39 is 5.54 Å². The molecule has 1 fully saturated rings. The fraction of sp³-hybridized carbons (Fsp3) is 0.500.